The van der Waals surface area contributed by atoms with E-state index in [4.69, 9.17) is 5.73 Å². The highest BCUT2D eigenvalue weighted by atomic mass is 32.2. The van der Waals surface area contributed by atoms with Crippen molar-refractivity contribution in [3.05, 3.63) is 35.4 Å². The predicted molar refractivity (Wildman–Crippen MR) is 86.4 cm³/mol. The molecular formula is C15H19N5OS. The number of amides is 1. The van der Waals surface area contributed by atoms with Crippen LogP contribution in [0.25, 0.3) is 0 Å². The number of H-pyrrole nitrogens is 1. The standard InChI is InChI=1S/C15H19N5OS/c1-9(22-15-18-14(16)19-20-15)13(21)17-12-8-4-6-10-5-2-3-7-11(10)12/h2-3,5,7,9,12H,4,6,8H2,1H3,(H,17,21)(H3,16,18,19,20)/t9-,12+/m1/s1. The lowest BCUT2D eigenvalue weighted by atomic mass is 9.88. The third kappa shape index (κ3) is 3.24. The van der Waals surface area contributed by atoms with Crippen LogP contribution in [0.4, 0.5) is 5.95 Å². The van der Waals surface area contributed by atoms with Crippen LogP contribution in [0.15, 0.2) is 29.4 Å². The van der Waals surface area contributed by atoms with E-state index in [1.165, 1.54) is 22.9 Å². The zero-order chi connectivity index (χ0) is 15.5. The zero-order valence-corrected chi connectivity index (χ0v) is 13.2. The van der Waals surface area contributed by atoms with E-state index in [1.54, 1.807) is 0 Å². The summed E-state index contributed by atoms with van der Waals surface area (Å²) >= 11 is 1.30. The Morgan fingerprint density at radius 2 is 2.32 bits per heavy atom. The molecule has 2 atom stereocenters. The number of benzene rings is 1. The van der Waals surface area contributed by atoms with Crippen molar-refractivity contribution in [2.24, 2.45) is 0 Å². The lowest BCUT2D eigenvalue weighted by Gasteiger charge is -2.27. The van der Waals surface area contributed by atoms with Crippen molar-refractivity contribution >= 4 is 23.6 Å². The molecule has 1 aromatic carbocycles. The summed E-state index contributed by atoms with van der Waals surface area (Å²) in [6, 6.07) is 8.42. The number of fused-ring (bicyclic) bond motifs is 1. The summed E-state index contributed by atoms with van der Waals surface area (Å²) in [5.41, 5.74) is 8.06. The second kappa shape index (κ2) is 6.39. The van der Waals surface area contributed by atoms with Crippen molar-refractivity contribution in [2.75, 3.05) is 5.73 Å². The number of nitrogens with zero attached hydrogens (tertiary/aromatic N) is 2. The lowest BCUT2D eigenvalue weighted by molar-refractivity contribution is -0.121. The van der Waals surface area contributed by atoms with Crippen LogP contribution in [-0.4, -0.2) is 26.3 Å². The van der Waals surface area contributed by atoms with Crippen molar-refractivity contribution in [3.63, 3.8) is 0 Å². The van der Waals surface area contributed by atoms with Gasteiger partial charge in [0, 0.05) is 0 Å². The van der Waals surface area contributed by atoms with Gasteiger partial charge >= 0.3 is 0 Å². The number of rotatable bonds is 4. The minimum absolute atomic E-state index is 0.00456. The highest BCUT2D eigenvalue weighted by Crippen LogP contribution is 2.30. The van der Waals surface area contributed by atoms with Crippen LogP contribution in [-0.2, 0) is 11.2 Å². The lowest BCUT2D eigenvalue weighted by Crippen LogP contribution is -2.35. The average molecular weight is 317 g/mol. The number of hydrogen-bond acceptors (Lipinski definition) is 5. The summed E-state index contributed by atoms with van der Waals surface area (Å²) in [6.07, 6.45) is 3.16. The van der Waals surface area contributed by atoms with E-state index in [0.29, 0.717) is 5.16 Å². The molecule has 7 heteroatoms. The van der Waals surface area contributed by atoms with Crippen molar-refractivity contribution < 1.29 is 4.79 Å². The SMILES string of the molecule is C[C@@H](Sc1n[nH]c(N)n1)C(=O)N[C@H]1CCCc2ccccc21. The van der Waals surface area contributed by atoms with E-state index in [-0.39, 0.29) is 23.1 Å². The second-order valence-corrected chi connectivity index (χ2v) is 6.72. The van der Waals surface area contributed by atoms with Gasteiger partial charge in [0.25, 0.3) is 0 Å². The maximum atomic E-state index is 12.4. The smallest absolute Gasteiger partial charge is 0.233 e. The Bertz CT molecular complexity index is 671. The predicted octanol–water partition coefficient (Wildman–Crippen LogP) is 2.06. The maximum absolute atomic E-state index is 12.4. The zero-order valence-electron chi connectivity index (χ0n) is 12.4. The molecule has 0 fully saturated rings. The first-order chi connectivity index (χ1) is 10.6. The number of nitrogens with one attached hydrogen (secondary N) is 2. The molecule has 1 aliphatic rings. The molecule has 0 saturated heterocycles. The molecule has 3 rings (SSSR count). The molecule has 1 amide bonds. The molecule has 6 nitrogen and oxygen atoms in total. The Hall–Kier alpha value is -2.02. The number of aromatic amines is 1. The van der Waals surface area contributed by atoms with Crippen molar-refractivity contribution in [3.8, 4) is 0 Å². The first-order valence-electron chi connectivity index (χ1n) is 7.36. The highest BCUT2D eigenvalue weighted by molar-refractivity contribution is 8.00. The van der Waals surface area contributed by atoms with Gasteiger partial charge in [-0.15, -0.1) is 5.10 Å². The molecular weight excluding hydrogens is 298 g/mol. The number of nitrogens with two attached hydrogens (primary N) is 1. The van der Waals surface area contributed by atoms with Crippen LogP contribution in [0, 0.1) is 0 Å². The van der Waals surface area contributed by atoms with Crippen LogP contribution in [0.1, 0.15) is 36.9 Å². The van der Waals surface area contributed by atoms with Gasteiger partial charge in [-0.3, -0.25) is 4.79 Å². The molecule has 22 heavy (non-hydrogen) atoms. The van der Waals surface area contributed by atoms with Gasteiger partial charge in [-0.2, -0.15) is 4.98 Å². The molecule has 1 aromatic heterocycles. The van der Waals surface area contributed by atoms with Gasteiger partial charge in [0.05, 0.1) is 11.3 Å². The van der Waals surface area contributed by atoms with Crippen LogP contribution in [0.2, 0.25) is 0 Å². The van der Waals surface area contributed by atoms with Crippen molar-refractivity contribution in [1.29, 1.82) is 0 Å². The molecule has 0 bridgehead atoms. The number of hydrogen-bond donors (Lipinski definition) is 3. The first-order valence-corrected chi connectivity index (χ1v) is 8.24. The number of carbonyl (C=O) groups excluding carboxylic acids is 1. The van der Waals surface area contributed by atoms with Crippen molar-refractivity contribution in [1.82, 2.24) is 20.5 Å². The van der Waals surface area contributed by atoms with Gasteiger partial charge in [0.1, 0.15) is 0 Å². The molecule has 1 aliphatic carbocycles. The maximum Gasteiger partial charge on any atom is 0.233 e. The second-order valence-electron chi connectivity index (χ2n) is 5.42. The number of anilines is 1. The summed E-state index contributed by atoms with van der Waals surface area (Å²) in [5, 5.41) is 9.88. The quantitative estimate of drug-likeness (QED) is 0.750. The largest absolute Gasteiger partial charge is 0.368 e. The first kappa shape index (κ1) is 14.9. The Labute approximate surface area is 133 Å². The average Bonchev–Trinajstić information content (AvgIpc) is 2.92. The summed E-state index contributed by atoms with van der Waals surface area (Å²) in [5.74, 6) is 0.256. The Kier molecular flexibility index (Phi) is 4.33. The number of nitrogen functional groups attached to an aromatic ring is 1. The topological polar surface area (TPSA) is 96.7 Å². The fourth-order valence-electron chi connectivity index (χ4n) is 2.72. The Balaban J connectivity index is 1.64. The van der Waals surface area contributed by atoms with Crippen LogP contribution < -0.4 is 11.1 Å². The van der Waals surface area contributed by atoms with Crippen molar-refractivity contribution in [2.45, 2.75) is 42.6 Å². The molecule has 4 N–H and O–H groups in total. The van der Waals surface area contributed by atoms with E-state index in [0.717, 1.165) is 19.3 Å². The molecule has 0 unspecified atom stereocenters. The summed E-state index contributed by atoms with van der Waals surface area (Å²) in [4.78, 5) is 16.4. The van der Waals surface area contributed by atoms with Crippen LogP contribution in [0.3, 0.4) is 0 Å². The molecule has 0 aliphatic heterocycles. The normalized spacial score (nSPS) is 18.5. The minimum atomic E-state index is -0.274. The van der Waals surface area contributed by atoms with E-state index in [1.807, 2.05) is 13.0 Å². The summed E-state index contributed by atoms with van der Waals surface area (Å²) in [7, 11) is 0. The number of thioether (sulfide) groups is 1. The molecule has 0 radical (unpaired) electrons. The molecule has 116 valence electrons. The molecule has 1 heterocycles. The highest BCUT2D eigenvalue weighted by Gasteiger charge is 2.24. The van der Waals surface area contributed by atoms with Gasteiger partial charge in [0.2, 0.25) is 17.0 Å². The van der Waals surface area contributed by atoms with Crippen LogP contribution >= 0.6 is 11.8 Å². The van der Waals surface area contributed by atoms with Gasteiger partial charge in [0.15, 0.2) is 0 Å². The molecule has 0 saturated carbocycles. The third-order valence-electron chi connectivity index (χ3n) is 3.82. The van der Waals surface area contributed by atoms with Gasteiger partial charge in [-0.05, 0) is 37.3 Å². The third-order valence-corrected chi connectivity index (χ3v) is 4.78. The number of carbonyl (C=O) groups is 1. The van der Waals surface area contributed by atoms with E-state index >= 15 is 0 Å². The fourth-order valence-corrected chi connectivity index (χ4v) is 3.46. The molecule has 2 aromatic rings. The van der Waals surface area contributed by atoms with Gasteiger partial charge in [-0.1, -0.05) is 36.0 Å². The Morgan fingerprint density at radius 3 is 3.09 bits per heavy atom. The minimum Gasteiger partial charge on any atom is -0.368 e. The van der Waals surface area contributed by atoms with Gasteiger partial charge < -0.3 is 11.1 Å². The Morgan fingerprint density at radius 1 is 1.50 bits per heavy atom. The van der Waals surface area contributed by atoms with E-state index in [9.17, 15) is 4.79 Å². The van der Waals surface area contributed by atoms with Crippen LogP contribution in [0.5, 0.6) is 0 Å². The number of aryl methyl sites for hydroxylation is 1. The fraction of sp³-hybridized carbons (Fsp3) is 0.400. The summed E-state index contributed by atoms with van der Waals surface area (Å²) in [6.45, 7) is 1.85. The summed E-state index contributed by atoms with van der Waals surface area (Å²) < 4.78 is 0. The van der Waals surface area contributed by atoms with Gasteiger partial charge in [-0.25, -0.2) is 5.10 Å². The van der Waals surface area contributed by atoms with E-state index in [2.05, 4.69) is 38.7 Å². The van der Waals surface area contributed by atoms with E-state index < -0.39 is 0 Å². The monoisotopic (exact) mass is 317 g/mol. The molecule has 0 spiro atoms. The number of aromatic nitrogens is 3.